The van der Waals surface area contributed by atoms with Crippen molar-refractivity contribution in [3.05, 3.63) is 53.7 Å². The molecule has 0 aliphatic carbocycles. The van der Waals surface area contributed by atoms with E-state index < -0.39 is 0 Å². The van der Waals surface area contributed by atoms with Crippen molar-refractivity contribution in [2.75, 3.05) is 12.8 Å². The molecule has 3 rings (SSSR count). The predicted molar refractivity (Wildman–Crippen MR) is 84.2 cm³/mol. The number of nitrogens with two attached hydrogens (primary N) is 1. The summed E-state index contributed by atoms with van der Waals surface area (Å²) < 4.78 is 11.1. The van der Waals surface area contributed by atoms with Crippen LogP contribution in [0, 0.1) is 0 Å². The highest BCUT2D eigenvalue weighted by molar-refractivity contribution is 6.35. The number of methoxy groups -OCH3 is 1. The molecule has 5 heteroatoms. The van der Waals surface area contributed by atoms with Gasteiger partial charge in [0.1, 0.15) is 17.0 Å². The first-order valence-corrected chi connectivity index (χ1v) is 6.71. The molecule has 0 amide bonds. The van der Waals surface area contributed by atoms with Crippen molar-refractivity contribution in [2.45, 2.75) is 0 Å². The lowest BCUT2D eigenvalue weighted by Gasteiger charge is -2.11. The van der Waals surface area contributed by atoms with E-state index in [1.165, 1.54) is 0 Å². The fraction of sp³-hybridized carbons (Fsp3) is 0.0625. The van der Waals surface area contributed by atoms with Crippen molar-refractivity contribution in [3.8, 4) is 17.2 Å². The highest BCUT2D eigenvalue weighted by Gasteiger charge is 2.09. The number of aromatic nitrogens is 1. The van der Waals surface area contributed by atoms with Gasteiger partial charge in [-0.05, 0) is 24.3 Å². The van der Waals surface area contributed by atoms with Gasteiger partial charge in [0.05, 0.1) is 12.1 Å². The molecular formula is C16H13ClN2O2. The largest absolute Gasteiger partial charge is 0.497 e. The number of anilines is 1. The minimum absolute atomic E-state index is 0.565. The molecule has 0 aliphatic rings. The molecule has 0 fully saturated rings. The maximum absolute atomic E-state index is 6.17. The van der Waals surface area contributed by atoms with Crippen LogP contribution < -0.4 is 15.2 Å². The van der Waals surface area contributed by atoms with Gasteiger partial charge in [-0.15, -0.1) is 0 Å². The normalized spacial score (nSPS) is 10.6. The Hall–Kier alpha value is -2.46. The van der Waals surface area contributed by atoms with Crippen LogP contribution in [0.15, 0.2) is 48.7 Å². The minimum atomic E-state index is 0.565. The van der Waals surface area contributed by atoms with Gasteiger partial charge in [-0.3, -0.25) is 4.98 Å². The Kier molecular flexibility index (Phi) is 3.54. The van der Waals surface area contributed by atoms with Gasteiger partial charge in [-0.25, -0.2) is 0 Å². The highest BCUT2D eigenvalue weighted by Crippen LogP contribution is 2.34. The van der Waals surface area contributed by atoms with Crippen molar-refractivity contribution in [3.63, 3.8) is 0 Å². The van der Waals surface area contributed by atoms with E-state index in [0.717, 1.165) is 5.39 Å². The Labute approximate surface area is 127 Å². The van der Waals surface area contributed by atoms with Crippen LogP contribution in [0.1, 0.15) is 0 Å². The molecule has 21 heavy (non-hydrogen) atoms. The molecule has 4 nitrogen and oxygen atoms in total. The Balaban J connectivity index is 2.06. The summed E-state index contributed by atoms with van der Waals surface area (Å²) in [5, 5.41) is 1.48. The zero-order chi connectivity index (χ0) is 14.8. The summed E-state index contributed by atoms with van der Waals surface area (Å²) in [4.78, 5) is 4.33. The number of rotatable bonds is 3. The van der Waals surface area contributed by atoms with E-state index in [9.17, 15) is 0 Å². The maximum atomic E-state index is 6.17. The van der Waals surface area contributed by atoms with E-state index >= 15 is 0 Å². The Morgan fingerprint density at radius 1 is 1.10 bits per heavy atom. The van der Waals surface area contributed by atoms with E-state index in [0.29, 0.717) is 33.5 Å². The van der Waals surface area contributed by atoms with Crippen molar-refractivity contribution in [1.82, 2.24) is 4.98 Å². The van der Waals surface area contributed by atoms with Crippen molar-refractivity contribution in [2.24, 2.45) is 0 Å². The maximum Gasteiger partial charge on any atom is 0.153 e. The molecule has 0 saturated heterocycles. The van der Waals surface area contributed by atoms with E-state index in [1.54, 1.807) is 43.6 Å². The minimum Gasteiger partial charge on any atom is -0.497 e. The molecule has 0 saturated carbocycles. The first-order valence-electron chi connectivity index (χ1n) is 6.33. The fourth-order valence-electron chi connectivity index (χ4n) is 2.09. The van der Waals surface area contributed by atoms with Crippen molar-refractivity contribution in [1.29, 1.82) is 0 Å². The molecule has 0 aliphatic heterocycles. The number of nitrogen functional groups attached to an aromatic ring is 1. The summed E-state index contributed by atoms with van der Waals surface area (Å²) in [6.07, 6.45) is 1.70. The summed E-state index contributed by atoms with van der Waals surface area (Å²) in [7, 11) is 1.58. The SMILES string of the molecule is COc1cc(N)cc(Oc2ccc(Cl)c3cccnc23)c1. The van der Waals surface area contributed by atoms with E-state index in [2.05, 4.69) is 4.98 Å². The first kappa shape index (κ1) is 13.5. The average molecular weight is 301 g/mol. The Bertz CT molecular complexity index is 805. The van der Waals surface area contributed by atoms with Crippen molar-refractivity contribution < 1.29 is 9.47 Å². The molecule has 0 radical (unpaired) electrons. The lowest BCUT2D eigenvalue weighted by Crippen LogP contribution is -1.92. The van der Waals surface area contributed by atoms with Gasteiger partial charge < -0.3 is 15.2 Å². The fourth-order valence-corrected chi connectivity index (χ4v) is 2.31. The van der Waals surface area contributed by atoms with Gasteiger partial charge in [0.15, 0.2) is 5.75 Å². The molecule has 0 unspecified atom stereocenters. The molecule has 3 aromatic rings. The number of fused-ring (bicyclic) bond motifs is 1. The van der Waals surface area contributed by atoms with Crippen LogP contribution in [0.2, 0.25) is 5.02 Å². The Morgan fingerprint density at radius 3 is 2.71 bits per heavy atom. The third kappa shape index (κ3) is 2.71. The zero-order valence-corrected chi connectivity index (χ0v) is 12.1. The summed E-state index contributed by atoms with van der Waals surface area (Å²) in [5.41, 5.74) is 7.09. The number of nitrogens with zero attached hydrogens (tertiary/aromatic N) is 1. The van der Waals surface area contributed by atoms with Crippen LogP contribution in [0.4, 0.5) is 5.69 Å². The molecule has 0 bridgehead atoms. The molecule has 106 valence electrons. The van der Waals surface area contributed by atoms with Crippen LogP contribution in [0.5, 0.6) is 17.2 Å². The molecule has 2 aromatic carbocycles. The molecular weight excluding hydrogens is 288 g/mol. The topological polar surface area (TPSA) is 57.4 Å². The van der Waals surface area contributed by atoms with Crippen LogP contribution >= 0.6 is 11.6 Å². The third-order valence-corrected chi connectivity index (χ3v) is 3.37. The second-order valence-electron chi connectivity index (χ2n) is 4.49. The zero-order valence-electron chi connectivity index (χ0n) is 11.3. The quantitative estimate of drug-likeness (QED) is 0.734. The molecule has 2 N–H and O–H groups in total. The lowest BCUT2D eigenvalue weighted by molar-refractivity contribution is 0.409. The van der Waals surface area contributed by atoms with Crippen LogP contribution in [-0.2, 0) is 0 Å². The second-order valence-corrected chi connectivity index (χ2v) is 4.90. The van der Waals surface area contributed by atoms with E-state index in [1.807, 2.05) is 12.1 Å². The van der Waals surface area contributed by atoms with Crippen LogP contribution in [0.25, 0.3) is 10.9 Å². The van der Waals surface area contributed by atoms with Crippen molar-refractivity contribution >= 4 is 28.2 Å². The molecule has 0 spiro atoms. The van der Waals surface area contributed by atoms with E-state index in [-0.39, 0.29) is 0 Å². The smallest absolute Gasteiger partial charge is 0.153 e. The predicted octanol–water partition coefficient (Wildman–Crippen LogP) is 4.27. The summed E-state index contributed by atoms with van der Waals surface area (Å²) in [6, 6.07) is 12.5. The van der Waals surface area contributed by atoms with Gasteiger partial charge >= 0.3 is 0 Å². The standard InChI is InChI=1S/C16H13ClN2O2/c1-20-11-7-10(18)8-12(9-11)21-15-5-4-14(17)13-3-2-6-19-16(13)15/h2-9H,18H2,1H3. The van der Waals surface area contributed by atoms with Gasteiger partial charge in [-0.2, -0.15) is 0 Å². The number of hydrogen-bond donors (Lipinski definition) is 1. The molecule has 0 atom stereocenters. The van der Waals surface area contributed by atoms with E-state index in [4.69, 9.17) is 26.8 Å². The van der Waals surface area contributed by atoms with Crippen LogP contribution in [-0.4, -0.2) is 12.1 Å². The number of hydrogen-bond acceptors (Lipinski definition) is 4. The number of benzene rings is 2. The van der Waals surface area contributed by atoms with Gasteiger partial charge in [0.25, 0.3) is 0 Å². The highest BCUT2D eigenvalue weighted by atomic mass is 35.5. The summed E-state index contributed by atoms with van der Waals surface area (Å²) in [5.74, 6) is 1.83. The third-order valence-electron chi connectivity index (χ3n) is 3.05. The number of pyridine rings is 1. The first-order chi connectivity index (χ1) is 10.2. The van der Waals surface area contributed by atoms with Gasteiger partial charge in [-0.1, -0.05) is 11.6 Å². The number of ether oxygens (including phenoxy) is 2. The summed E-state index contributed by atoms with van der Waals surface area (Å²) in [6.45, 7) is 0. The van der Waals surface area contributed by atoms with Gasteiger partial charge in [0.2, 0.25) is 0 Å². The monoisotopic (exact) mass is 300 g/mol. The number of halogens is 1. The Morgan fingerprint density at radius 2 is 1.90 bits per heavy atom. The summed E-state index contributed by atoms with van der Waals surface area (Å²) >= 11 is 6.17. The second kappa shape index (κ2) is 5.50. The lowest BCUT2D eigenvalue weighted by atomic mass is 10.2. The van der Waals surface area contributed by atoms with Gasteiger partial charge in [0, 0.05) is 35.5 Å². The van der Waals surface area contributed by atoms with Crippen LogP contribution in [0.3, 0.4) is 0 Å². The molecule has 1 heterocycles. The average Bonchev–Trinajstić information content (AvgIpc) is 2.50. The molecule has 1 aromatic heterocycles.